The second kappa shape index (κ2) is 8.95. The van der Waals surface area contributed by atoms with E-state index in [0.717, 1.165) is 17.2 Å². The van der Waals surface area contributed by atoms with Crippen LogP contribution in [-0.2, 0) is 11.3 Å². The molecule has 1 N–H and O–H groups in total. The van der Waals surface area contributed by atoms with Gasteiger partial charge in [0.1, 0.15) is 0 Å². The molecule has 126 valence electrons. The van der Waals surface area contributed by atoms with Crippen molar-refractivity contribution in [3.63, 3.8) is 0 Å². The Balaban J connectivity index is 2.19. The molecule has 0 saturated carbocycles. The number of amides is 1. The fourth-order valence-corrected chi connectivity index (χ4v) is 5.01. The molecule has 2 aromatic rings. The van der Waals surface area contributed by atoms with Crippen LogP contribution in [0.3, 0.4) is 0 Å². The van der Waals surface area contributed by atoms with Gasteiger partial charge < -0.3 is 10.1 Å². The Hall–Kier alpha value is -0.200. The van der Waals surface area contributed by atoms with Crippen LogP contribution < -0.4 is 5.32 Å². The second-order valence-electron chi connectivity index (χ2n) is 4.72. The Morgan fingerprint density at radius 2 is 1.75 bits per heavy atom. The summed E-state index contributed by atoms with van der Waals surface area (Å²) in [6, 6.07) is 9.08. The first kappa shape index (κ1) is 20.1. The van der Waals surface area contributed by atoms with Gasteiger partial charge in [0.05, 0.1) is 18.2 Å². The molecule has 0 spiro atoms. The fourth-order valence-electron chi connectivity index (χ4n) is 1.94. The van der Waals surface area contributed by atoms with Crippen LogP contribution in [0.15, 0.2) is 39.3 Å². The summed E-state index contributed by atoms with van der Waals surface area (Å²) in [5, 5.41) is 2.88. The lowest BCUT2D eigenvalue weighted by Crippen LogP contribution is -2.24. The van der Waals surface area contributed by atoms with Crippen LogP contribution >= 0.6 is 77.0 Å². The molecule has 2 aromatic carbocycles. The molecular weight excluding hydrogens is 668 g/mol. The number of hydrogen-bond acceptors (Lipinski definition) is 3. The van der Waals surface area contributed by atoms with Crippen molar-refractivity contribution < 1.29 is 14.3 Å². The van der Waals surface area contributed by atoms with Crippen molar-refractivity contribution in [2.24, 2.45) is 0 Å². The van der Waals surface area contributed by atoms with Gasteiger partial charge in [0, 0.05) is 22.6 Å². The first-order valence-electron chi connectivity index (χ1n) is 6.63. The van der Waals surface area contributed by atoms with Crippen LogP contribution in [0, 0.1) is 7.14 Å². The number of ether oxygens (including phenoxy) is 1. The molecule has 0 aliphatic heterocycles. The topological polar surface area (TPSA) is 55.4 Å². The lowest BCUT2D eigenvalue weighted by molar-refractivity contribution is 0.0599. The van der Waals surface area contributed by atoms with E-state index in [9.17, 15) is 9.59 Å². The number of esters is 1. The summed E-state index contributed by atoms with van der Waals surface area (Å²) in [7, 11) is 1.34. The summed E-state index contributed by atoms with van der Waals surface area (Å²) in [5.74, 6) is -0.608. The average molecular weight is 679 g/mol. The van der Waals surface area contributed by atoms with E-state index in [0.29, 0.717) is 22.1 Å². The molecule has 0 aliphatic rings. The first-order valence-corrected chi connectivity index (χ1v) is 10.4. The van der Waals surface area contributed by atoms with Gasteiger partial charge in [-0.15, -0.1) is 0 Å². The number of hydrogen-bond donors (Lipinski definition) is 1. The first-order chi connectivity index (χ1) is 11.3. The fraction of sp³-hybridized carbons (Fsp3) is 0.125. The SMILES string of the molecule is COC(=O)c1cc(CNC(=O)c2ccc(I)cc2Br)c(I)cc1Br. The van der Waals surface area contributed by atoms with E-state index < -0.39 is 5.97 Å². The van der Waals surface area contributed by atoms with Crippen molar-refractivity contribution in [1.82, 2.24) is 5.32 Å². The van der Waals surface area contributed by atoms with E-state index in [1.54, 1.807) is 12.1 Å². The highest BCUT2D eigenvalue weighted by molar-refractivity contribution is 14.1. The number of halogens is 4. The zero-order chi connectivity index (χ0) is 17.9. The normalized spacial score (nSPS) is 10.4. The third-order valence-electron chi connectivity index (χ3n) is 3.16. The van der Waals surface area contributed by atoms with Crippen molar-refractivity contribution in [2.75, 3.05) is 7.11 Å². The minimum absolute atomic E-state index is 0.184. The van der Waals surface area contributed by atoms with Gasteiger partial charge in [-0.2, -0.15) is 0 Å². The molecule has 2 rings (SSSR count). The van der Waals surface area contributed by atoms with Gasteiger partial charge in [-0.1, -0.05) is 0 Å². The molecule has 0 heterocycles. The van der Waals surface area contributed by atoms with Gasteiger partial charge >= 0.3 is 5.97 Å². The van der Waals surface area contributed by atoms with Crippen molar-refractivity contribution >= 4 is 88.9 Å². The van der Waals surface area contributed by atoms with Crippen LogP contribution in [0.25, 0.3) is 0 Å². The van der Waals surface area contributed by atoms with E-state index in [4.69, 9.17) is 4.74 Å². The molecule has 24 heavy (non-hydrogen) atoms. The average Bonchev–Trinajstić information content (AvgIpc) is 2.53. The maximum atomic E-state index is 12.4. The van der Waals surface area contributed by atoms with E-state index in [-0.39, 0.29) is 5.91 Å². The Morgan fingerprint density at radius 3 is 2.38 bits per heavy atom. The number of methoxy groups -OCH3 is 1. The molecule has 4 nitrogen and oxygen atoms in total. The van der Waals surface area contributed by atoms with E-state index in [1.165, 1.54) is 7.11 Å². The van der Waals surface area contributed by atoms with E-state index >= 15 is 0 Å². The van der Waals surface area contributed by atoms with Crippen LogP contribution in [-0.4, -0.2) is 19.0 Å². The molecule has 0 aromatic heterocycles. The molecular formula is C16H11Br2I2NO3. The van der Waals surface area contributed by atoms with Gasteiger partial charge in [0.15, 0.2) is 0 Å². The highest BCUT2D eigenvalue weighted by atomic mass is 127. The molecule has 0 atom stereocenters. The number of nitrogens with one attached hydrogen (secondary N) is 1. The van der Waals surface area contributed by atoms with Crippen LogP contribution in [0.5, 0.6) is 0 Å². The van der Waals surface area contributed by atoms with Crippen molar-refractivity contribution in [1.29, 1.82) is 0 Å². The predicted octanol–water partition coefficient (Wildman–Crippen LogP) is 5.14. The third kappa shape index (κ3) is 4.92. The molecule has 0 bridgehead atoms. The number of carbonyl (C=O) groups is 2. The molecule has 0 aliphatic carbocycles. The highest BCUT2D eigenvalue weighted by Crippen LogP contribution is 2.25. The van der Waals surface area contributed by atoms with Gasteiger partial charge in [-0.25, -0.2) is 4.79 Å². The summed E-state index contributed by atoms with van der Waals surface area (Å²) in [6.07, 6.45) is 0. The quantitative estimate of drug-likeness (QED) is 0.361. The molecule has 1 amide bonds. The summed E-state index contributed by atoms with van der Waals surface area (Å²) < 4.78 is 8.15. The number of benzene rings is 2. The summed E-state index contributed by atoms with van der Waals surface area (Å²) >= 11 is 11.1. The minimum atomic E-state index is -0.425. The van der Waals surface area contributed by atoms with Crippen molar-refractivity contribution in [3.8, 4) is 0 Å². The molecule has 0 radical (unpaired) electrons. The lowest BCUT2D eigenvalue weighted by Gasteiger charge is -2.11. The third-order valence-corrected chi connectivity index (χ3v) is 6.14. The van der Waals surface area contributed by atoms with Gasteiger partial charge in [-0.3, -0.25) is 4.79 Å². The number of rotatable bonds is 4. The van der Waals surface area contributed by atoms with Gasteiger partial charge in [-0.05, 0) is 113 Å². The maximum absolute atomic E-state index is 12.4. The zero-order valence-corrected chi connectivity index (χ0v) is 19.8. The van der Waals surface area contributed by atoms with Gasteiger partial charge in [0.2, 0.25) is 0 Å². The lowest BCUT2D eigenvalue weighted by atomic mass is 10.1. The minimum Gasteiger partial charge on any atom is -0.465 e. The zero-order valence-electron chi connectivity index (χ0n) is 12.3. The summed E-state index contributed by atoms with van der Waals surface area (Å²) in [4.78, 5) is 24.1. The monoisotopic (exact) mass is 677 g/mol. The Kier molecular flexibility index (Phi) is 7.50. The van der Waals surface area contributed by atoms with Gasteiger partial charge in [0.25, 0.3) is 5.91 Å². The standard InChI is InChI=1S/C16H11Br2I2NO3/c1-24-16(23)11-4-8(14(20)6-13(11)18)7-21-15(22)10-3-2-9(19)5-12(10)17/h2-6H,7H2,1H3,(H,21,22). The van der Waals surface area contributed by atoms with E-state index in [2.05, 4.69) is 82.4 Å². The molecule has 0 fully saturated rings. The van der Waals surface area contributed by atoms with Crippen LogP contribution in [0.4, 0.5) is 0 Å². The summed E-state index contributed by atoms with van der Waals surface area (Å²) in [6.45, 7) is 0.312. The summed E-state index contributed by atoms with van der Waals surface area (Å²) in [5.41, 5.74) is 1.84. The Morgan fingerprint density at radius 1 is 1.08 bits per heavy atom. The molecule has 8 heteroatoms. The van der Waals surface area contributed by atoms with Crippen molar-refractivity contribution in [3.05, 3.63) is 63.1 Å². The number of carbonyl (C=O) groups excluding carboxylic acids is 2. The Bertz CT molecular complexity index is 812. The Labute approximate surface area is 183 Å². The van der Waals surface area contributed by atoms with Crippen LogP contribution in [0.2, 0.25) is 0 Å². The maximum Gasteiger partial charge on any atom is 0.339 e. The van der Waals surface area contributed by atoms with E-state index in [1.807, 2.05) is 18.2 Å². The van der Waals surface area contributed by atoms with Crippen molar-refractivity contribution in [2.45, 2.75) is 6.54 Å². The molecule has 0 unspecified atom stereocenters. The second-order valence-corrected chi connectivity index (χ2v) is 8.84. The van der Waals surface area contributed by atoms with Crippen LogP contribution in [0.1, 0.15) is 26.3 Å². The smallest absolute Gasteiger partial charge is 0.339 e. The molecule has 0 saturated heterocycles. The predicted molar refractivity (Wildman–Crippen MR) is 116 cm³/mol. The largest absolute Gasteiger partial charge is 0.465 e. The highest BCUT2D eigenvalue weighted by Gasteiger charge is 2.15.